The second-order valence-corrected chi connectivity index (χ2v) is 8.75. The molecule has 1 fully saturated rings. The molecule has 0 aromatic carbocycles. The van der Waals surface area contributed by atoms with E-state index in [9.17, 15) is 14.2 Å². The summed E-state index contributed by atoms with van der Waals surface area (Å²) < 4.78 is 23.3. The molecule has 1 unspecified atom stereocenters. The van der Waals surface area contributed by atoms with Gasteiger partial charge >= 0.3 is 5.69 Å². The molecule has 0 aliphatic carbocycles. The van der Waals surface area contributed by atoms with Gasteiger partial charge in [0.05, 0.1) is 18.8 Å². The largest absolute Gasteiger partial charge is 0.352 e. The number of halogens is 1. The predicted molar refractivity (Wildman–Crippen MR) is 82.9 cm³/mol. The molecule has 1 N–H and O–H groups in total. The third kappa shape index (κ3) is 4.46. The lowest BCUT2D eigenvalue weighted by molar-refractivity contribution is -0.0214. The first-order chi connectivity index (χ1) is 10.7. The maximum Gasteiger partial charge on any atom is 0.330 e. The molecule has 2 heterocycles. The van der Waals surface area contributed by atoms with Crippen molar-refractivity contribution in [1.82, 2.24) is 9.55 Å². The number of hydrogen-bond donors (Lipinski definition) is 1. The second kappa shape index (κ2) is 6.90. The molecule has 1 aliphatic heterocycles. The van der Waals surface area contributed by atoms with Gasteiger partial charge in [-0.2, -0.15) is 0 Å². The average molecular weight is 364 g/mol. The number of azide groups is 1. The predicted octanol–water partition coefficient (Wildman–Crippen LogP) is 1.89. The minimum Gasteiger partial charge on any atom is -0.352 e. The molecule has 1 aromatic heterocycles. The van der Waals surface area contributed by atoms with Crippen LogP contribution in [0, 0.1) is 6.92 Å². The van der Waals surface area contributed by atoms with Crippen LogP contribution in [-0.2, 0) is 13.8 Å². The lowest BCUT2D eigenvalue weighted by Crippen LogP contribution is -2.33. The molecule has 0 saturated carbocycles. The molecular weight excluding hydrogens is 349 g/mol. The molecule has 126 valence electrons. The van der Waals surface area contributed by atoms with Gasteiger partial charge in [0.25, 0.3) is 12.3 Å². The van der Waals surface area contributed by atoms with Crippen LogP contribution in [-0.4, -0.2) is 35.0 Å². The Bertz CT molecular complexity index is 795. The van der Waals surface area contributed by atoms with Crippen LogP contribution in [0.15, 0.2) is 20.9 Å². The van der Waals surface area contributed by atoms with Gasteiger partial charge in [0.1, 0.15) is 6.23 Å². The quantitative estimate of drug-likeness (QED) is 0.368. The van der Waals surface area contributed by atoms with Crippen molar-refractivity contribution in [1.29, 1.82) is 0 Å². The van der Waals surface area contributed by atoms with Crippen LogP contribution in [0.5, 0.6) is 0 Å². The van der Waals surface area contributed by atoms with Gasteiger partial charge in [-0.15, -0.1) is 0 Å². The lowest BCUT2D eigenvalue weighted by atomic mass is 10.1. The van der Waals surface area contributed by atoms with Crippen molar-refractivity contribution in [3.63, 3.8) is 0 Å². The number of nitrogens with one attached hydrogen (secondary N) is 1. The Morgan fingerprint density at radius 2 is 2.35 bits per heavy atom. The topological polar surface area (TPSA) is 139 Å². The molecule has 2 rings (SSSR count). The lowest BCUT2D eigenvalue weighted by Gasteiger charge is -2.17. The minimum absolute atomic E-state index is 0.144. The summed E-state index contributed by atoms with van der Waals surface area (Å²) in [7, 11) is 0. The number of H-pyrrole nitrogens is 1. The molecule has 23 heavy (non-hydrogen) atoms. The van der Waals surface area contributed by atoms with Crippen LogP contribution in [0.1, 0.15) is 18.2 Å². The zero-order valence-corrected chi connectivity index (χ0v) is 14.0. The van der Waals surface area contributed by atoms with Crippen molar-refractivity contribution >= 4 is 18.0 Å². The number of aromatic amines is 1. The zero-order chi connectivity index (χ0) is 17.2. The van der Waals surface area contributed by atoms with E-state index < -0.39 is 36.3 Å². The van der Waals surface area contributed by atoms with Crippen molar-refractivity contribution in [3.05, 3.63) is 43.0 Å². The van der Waals surface area contributed by atoms with E-state index in [2.05, 4.69) is 15.0 Å². The standard InChI is InChI=1S/C11H15ClN5O5P/c1-6-4-17(11(19)14-10(6)18)9-3-7(15-16-13)8(22-9)5-21-23(2,12)20/h4,7-9H,3,5H2,1-2H3,(H,14,18,19)/t7-,8+,9+,23?/m0/s1. The molecule has 0 spiro atoms. The summed E-state index contributed by atoms with van der Waals surface area (Å²) in [6.07, 6.45) is 0.129. The van der Waals surface area contributed by atoms with E-state index in [4.69, 9.17) is 26.0 Å². The van der Waals surface area contributed by atoms with Crippen LogP contribution in [0.3, 0.4) is 0 Å². The van der Waals surface area contributed by atoms with Crippen LogP contribution >= 0.6 is 18.0 Å². The first-order valence-electron chi connectivity index (χ1n) is 6.64. The third-order valence-electron chi connectivity index (χ3n) is 3.33. The van der Waals surface area contributed by atoms with Gasteiger partial charge in [-0.3, -0.25) is 18.9 Å². The first kappa shape index (κ1) is 17.8. The Morgan fingerprint density at radius 3 is 2.96 bits per heavy atom. The molecule has 1 saturated heterocycles. The van der Waals surface area contributed by atoms with E-state index in [1.165, 1.54) is 17.4 Å². The highest BCUT2D eigenvalue weighted by Gasteiger charge is 2.37. The fourth-order valence-electron chi connectivity index (χ4n) is 2.23. The summed E-state index contributed by atoms with van der Waals surface area (Å²) in [4.78, 5) is 28.2. The molecular formula is C11H15ClN5O5P. The molecule has 4 atom stereocenters. The van der Waals surface area contributed by atoms with E-state index in [0.717, 1.165) is 0 Å². The van der Waals surface area contributed by atoms with E-state index in [-0.39, 0.29) is 13.0 Å². The normalized spacial score (nSPS) is 26.5. The molecule has 10 nitrogen and oxygen atoms in total. The number of rotatable bonds is 5. The van der Waals surface area contributed by atoms with Crippen molar-refractivity contribution in [3.8, 4) is 0 Å². The van der Waals surface area contributed by atoms with Gasteiger partial charge in [0, 0.05) is 29.8 Å². The Balaban J connectivity index is 2.24. The highest BCUT2D eigenvalue weighted by atomic mass is 35.7. The summed E-state index contributed by atoms with van der Waals surface area (Å²) >= 11 is 5.53. The summed E-state index contributed by atoms with van der Waals surface area (Å²) in [6, 6.07) is -0.618. The van der Waals surface area contributed by atoms with Crippen LogP contribution in [0.4, 0.5) is 0 Å². The maximum atomic E-state index is 11.9. The molecule has 12 heteroatoms. The van der Waals surface area contributed by atoms with Crippen molar-refractivity contribution in [2.75, 3.05) is 13.3 Å². The van der Waals surface area contributed by atoms with Crippen molar-refractivity contribution in [2.24, 2.45) is 5.11 Å². The van der Waals surface area contributed by atoms with Crippen LogP contribution < -0.4 is 11.2 Å². The Morgan fingerprint density at radius 1 is 1.65 bits per heavy atom. The van der Waals surface area contributed by atoms with Crippen molar-refractivity contribution < 1.29 is 13.8 Å². The van der Waals surface area contributed by atoms with E-state index in [1.54, 1.807) is 6.92 Å². The fraction of sp³-hybridized carbons (Fsp3) is 0.636. The summed E-state index contributed by atoms with van der Waals surface area (Å²) in [5, 5.41) is 3.61. The van der Waals surface area contributed by atoms with Gasteiger partial charge in [0.15, 0.2) is 0 Å². The SMILES string of the molecule is Cc1cn([C@H]2C[C@H](N=[N+]=[N-])[C@@H](COP(C)(=O)Cl)O2)c(=O)[nH]c1=O. The third-order valence-corrected chi connectivity index (χ3v) is 4.23. The van der Waals surface area contributed by atoms with Crippen molar-refractivity contribution in [2.45, 2.75) is 31.7 Å². The van der Waals surface area contributed by atoms with Crippen LogP contribution in [0.2, 0.25) is 0 Å². The monoisotopic (exact) mass is 363 g/mol. The first-order valence-corrected chi connectivity index (χ1v) is 9.62. The summed E-state index contributed by atoms with van der Waals surface area (Å²) in [5.74, 6) is 0. The molecule has 0 amide bonds. The number of nitrogens with zero attached hydrogens (tertiary/aromatic N) is 4. The molecule has 1 aliphatic rings. The number of aromatic nitrogens is 2. The smallest absolute Gasteiger partial charge is 0.330 e. The Labute approximate surface area is 135 Å². The zero-order valence-electron chi connectivity index (χ0n) is 12.4. The highest BCUT2D eigenvalue weighted by molar-refractivity contribution is 7.84. The van der Waals surface area contributed by atoms with E-state index >= 15 is 0 Å². The van der Waals surface area contributed by atoms with Gasteiger partial charge in [0.2, 0.25) is 0 Å². The van der Waals surface area contributed by atoms with E-state index in [0.29, 0.717) is 5.56 Å². The van der Waals surface area contributed by atoms with Gasteiger partial charge in [-0.05, 0) is 23.7 Å². The second-order valence-electron chi connectivity index (χ2n) is 5.16. The average Bonchev–Trinajstić information content (AvgIpc) is 2.83. The van der Waals surface area contributed by atoms with Gasteiger partial charge < -0.3 is 9.26 Å². The molecule has 0 bridgehead atoms. The Hall–Kier alpha value is -1.57. The van der Waals surface area contributed by atoms with Gasteiger partial charge in [-0.25, -0.2) is 4.79 Å². The molecule has 1 aromatic rings. The highest BCUT2D eigenvalue weighted by Crippen LogP contribution is 2.48. The Kier molecular flexibility index (Phi) is 5.33. The summed E-state index contributed by atoms with van der Waals surface area (Å²) in [5.41, 5.74) is 7.85. The van der Waals surface area contributed by atoms with Gasteiger partial charge in [-0.1, -0.05) is 5.11 Å². The number of aryl methyl sites for hydroxylation is 1. The fourth-order valence-corrected chi connectivity index (χ4v) is 2.81. The summed E-state index contributed by atoms with van der Waals surface area (Å²) in [6.45, 7) is -0.595. The minimum atomic E-state index is -3.24. The number of hydrogen-bond acceptors (Lipinski definition) is 6. The molecule has 0 radical (unpaired) electrons. The number of ether oxygens (including phenoxy) is 1. The van der Waals surface area contributed by atoms with E-state index in [1.807, 2.05) is 0 Å². The maximum absolute atomic E-state index is 11.9. The van der Waals surface area contributed by atoms with Crippen LogP contribution in [0.25, 0.3) is 10.4 Å².